The molecule has 0 aliphatic rings. The molecule has 0 fully saturated rings. The van der Waals surface area contributed by atoms with Gasteiger partial charge in [0.2, 0.25) is 0 Å². The number of carbonyl (C=O) groups excluding carboxylic acids is 2. The first-order valence-electron chi connectivity index (χ1n) is 10.9. The molecule has 7 nitrogen and oxygen atoms in total. The molecule has 1 heterocycles. The second-order valence-corrected chi connectivity index (χ2v) is 8.31. The third-order valence-electron chi connectivity index (χ3n) is 5.44. The smallest absolute Gasteiger partial charge is 0.311 e. The molecule has 3 rings (SSSR count). The highest BCUT2D eigenvalue weighted by Gasteiger charge is 2.20. The third-order valence-corrected chi connectivity index (χ3v) is 5.44. The molecule has 0 radical (unpaired) electrons. The van der Waals surface area contributed by atoms with Crippen LogP contribution in [0.4, 0.5) is 5.69 Å². The van der Waals surface area contributed by atoms with Crippen LogP contribution in [0.1, 0.15) is 46.2 Å². The zero-order valence-corrected chi connectivity index (χ0v) is 19.9. The molecular weight excluding hydrogens is 420 g/mol. The van der Waals surface area contributed by atoms with Crippen molar-refractivity contribution in [3.05, 3.63) is 75.7 Å². The summed E-state index contributed by atoms with van der Waals surface area (Å²) in [6, 6.07) is 11.2. The van der Waals surface area contributed by atoms with E-state index in [0.29, 0.717) is 12.4 Å². The van der Waals surface area contributed by atoms with Crippen LogP contribution in [0.25, 0.3) is 0 Å². The van der Waals surface area contributed by atoms with Crippen molar-refractivity contribution in [1.29, 1.82) is 0 Å². The number of hydrogen-bond acceptors (Lipinski definition) is 6. The van der Waals surface area contributed by atoms with Crippen molar-refractivity contribution in [2.45, 2.75) is 60.7 Å². The van der Waals surface area contributed by atoms with E-state index < -0.39 is 12.1 Å². The van der Waals surface area contributed by atoms with E-state index in [0.717, 1.165) is 45.0 Å². The number of rotatable bonds is 8. The Balaban J connectivity index is 1.51. The largest absolute Gasteiger partial charge is 0.489 e. The minimum absolute atomic E-state index is 0.0599. The molecule has 0 saturated carbocycles. The maximum atomic E-state index is 12.5. The first-order valence-corrected chi connectivity index (χ1v) is 10.9. The van der Waals surface area contributed by atoms with E-state index in [4.69, 9.17) is 14.0 Å². The van der Waals surface area contributed by atoms with Crippen LogP contribution in [0.5, 0.6) is 5.75 Å². The van der Waals surface area contributed by atoms with Gasteiger partial charge < -0.3 is 19.3 Å². The Kier molecular flexibility index (Phi) is 7.53. The van der Waals surface area contributed by atoms with Gasteiger partial charge in [-0.1, -0.05) is 35.0 Å². The fourth-order valence-corrected chi connectivity index (χ4v) is 3.63. The first-order chi connectivity index (χ1) is 15.6. The average molecular weight is 451 g/mol. The summed E-state index contributed by atoms with van der Waals surface area (Å²) in [5, 5.41) is 6.78. The molecule has 1 atom stereocenters. The molecule has 0 bridgehead atoms. The standard InChI is InChI=1S/C26H30N2O5/c1-15-11-16(2)25(17(3)12-15)27-26(30)20(6)32-24(29)13-21-7-9-22(10-8-21)31-14-23-18(4)28-33-19(23)5/h7-12,20H,13-14H2,1-6H3,(H,27,30). The highest BCUT2D eigenvalue weighted by atomic mass is 16.5. The van der Waals surface area contributed by atoms with Crippen LogP contribution in [0.2, 0.25) is 0 Å². The number of esters is 1. The van der Waals surface area contributed by atoms with E-state index in [2.05, 4.69) is 10.5 Å². The molecule has 0 saturated heterocycles. The van der Waals surface area contributed by atoms with Gasteiger partial charge in [0.1, 0.15) is 18.1 Å². The molecule has 1 N–H and O–H groups in total. The van der Waals surface area contributed by atoms with E-state index in [1.807, 2.05) is 46.8 Å². The maximum Gasteiger partial charge on any atom is 0.311 e. The second-order valence-electron chi connectivity index (χ2n) is 8.31. The van der Waals surface area contributed by atoms with Gasteiger partial charge in [-0.3, -0.25) is 9.59 Å². The summed E-state index contributed by atoms with van der Waals surface area (Å²) in [6.45, 7) is 11.5. The molecule has 0 aliphatic carbocycles. The molecule has 2 aromatic carbocycles. The fraction of sp³-hybridized carbons (Fsp3) is 0.346. The summed E-state index contributed by atoms with van der Waals surface area (Å²) in [6.07, 6.45) is -0.847. The summed E-state index contributed by atoms with van der Waals surface area (Å²) in [7, 11) is 0. The molecule has 1 unspecified atom stereocenters. The van der Waals surface area contributed by atoms with Gasteiger partial charge in [0.25, 0.3) is 5.91 Å². The lowest BCUT2D eigenvalue weighted by molar-refractivity contribution is -0.152. The Hall–Kier alpha value is -3.61. The van der Waals surface area contributed by atoms with Crippen LogP contribution >= 0.6 is 0 Å². The quantitative estimate of drug-likeness (QED) is 0.491. The number of benzene rings is 2. The van der Waals surface area contributed by atoms with E-state index >= 15 is 0 Å². The van der Waals surface area contributed by atoms with Crippen molar-refractivity contribution in [2.75, 3.05) is 5.32 Å². The normalized spacial score (nSPS) is 11.7. The van der Waals surface area contributed by atoms with Gasteiger partial charge in [0, 0.05) is 5.69 Å². The molecule has 0 aliphatic heterocycles. The highest BCUT2D eigenvalue weighted by Crippen LogP contribution is 2.22. The monoisotopic (exact) mass is 450 g/mol. The number of aryl methyl sites for hydroxylation is 5. The molecule has 33 heavy (non-hydrogen) atoms. The van der Waals surface area contributed by atoms with Crippen molar-refractivity contribution in [1.82, 2.24) is 5.16 Å². The number of carbonyl (C=O) groups is 2. The van der Waals surface area contributed by atoms with Crippen molar-refractivity contribution in [2.24, 2.45) is 0 Å². The first kappa shape index (κ1) is 24.0. The highest BCUT2D eigenvalue weighted by molar-refractivity contribution is 5.96. The SMILES string of the molecule is Cc1cc(C)c(NC(=O)C(C)OC(=O)Cc2ccc(OCc3c(C)noc3C)cc2)c(C)c1. The molecule has 7 heteroatoms. The van der Waals surface area contributed by atoms with E-state index in [1.54, 1.807) is 31.2 Å². The molecule has 1 amide bonds. The minimum atomic E-state index is -0.907. The summed E-state index contributed by atoms with van der Waals surface area (Å²) in [4.78, 5) is 24.9. The van der Waals surface area contributed by atoms with Crippen LogP contribution < -0.4 is 10.1 Å². The van der Waals surface area contributed by atoms with Crippen molar-refractivity contribution < 1.29 is 23.6 Å². The topological polar surface area (TPSA) is 90.7 Å². The Morgan fingerprint density at radius 1 is 1.03 bits per heavy atom. The van der Waals surface area contributed by atoms with E-state index in [1.165, 1.54) is 0 Å². The molecule has 174 valence electrons. The Morgan fingerprint density at radius 2 is 1.67 bits per heavy atom. The minimum Gasteiger partial charge on any atom is -0.489 e. The Labute approximate surface area is 194 Å². The number of nitrogens with zero attached hydrogens (tertiary/aromatic N) is 1. The summed E-state index contributed by atoms with van der Waals surface area (Å²) >= 11 is 0. The van der Waals surface area contributed by atoms with Gasteiger partial charge in [0.15, 0.2) is 6.10 Å². The number of aromatic nitrogens is 1. The van der Waals surface area contributed by atoms with Crippen LogP contribution in [0.15, 0.2) is 40.9 Å². The number of amides is 1. The number of anilines is 1. The number of hydrogen-bond donors (Lipinski definition) is 1. The molecular formula is C26H30N2O5. The van der Waals surface area contributed by atoms with Crippen LogP contribution in [0.3, 0.4) is 0 Å². The fourth-order valence-electron chi connectivity index (χ4n) is 3.63. The Bertz CT molecular complexity index is 1110. The van der Waals surface area contributed by atoms with Gasteiger partial charge in [0.05, 0.1) is 17.7 Å². The van der Waals surface area contributed by atoms with Crippen LogP contribution in [-0.4, -0.2) is 23.1 Å². The average Bonchev–Trinajstić information content (AvgIpc) is 3.07. The van der Waals surface area contributed by atoms with Crippen molar-refractivity contribution >= 4 is 17.6 Å². The third kappa shape index (κ3) is 6.22. The molecule has 0 spiro atoms. The van der Waals surface area contributed by atoms with Gasteiger partial charge in [-0.15, -0.1) is 0 Å². The van der Waals surface area contributed by atoms with E-state index in [9.17, 15) is 9.59 Å². The summed E-state index contributed by atoms with van der Waals surface area (Å²) < 4.78 is 16.3. The summed E-state index contributed by atoms with van der Waals surface area (Å²) in [5.41, 5.74) is 6.31. The predicted molar refractivity (Wildman–Crippen MR) is 125 cm³/mol. The maximum absolute atomic E-state index is 12.5. The molecule has 1 aromatic heterocycles. The lowest BCUT2D eigenvalue weighted by atomic mass is 10.0. The second kappa shape index (κ2) is 10.3. The van der Waals surface area contributed by atoms with E-state index in [-0.39, 0.29) is 12.3 Å². The van der Waals surface area contributed by atoms with Crippen molar-refractivity contribution in [3.8, 4) is 5.75 Å². The number of nitrogens with one attached hydrogen (secondary N) is 1. The zero-order valence-electron chi connectivity index (χ0n) is 19.9. The van der Waals surface area contributed by atoms with Gasteiger partial charge >= 0.3 is 5.97 Å². The Morgan fingerprint density at radius 3 is 2.24 bits per heavy atom. The summed E-state index contributed by atoms with van der Waals surface area (Å²) in [5.74, 6) is 0.572. The predicted octanol–water partition coefficient (Wildman–Crippen LogP) is 4.91. The van der Waals surface area contributed by atoms with Gasteiger partial charge in [-0.2, -0.15) is 0 Å². The zero-order chi connectivity index (χ0) is 24.1. The van der Waals surface area contributed by atoms with Gasteiger partial charge in [-0.05, 0) is 70.4 Å². The number of ether oxygens (including phenoxy) is 2. The lowest BCUT2D eigenvalue weighted by Gasteiger charge is -2.17. The van der Waals surface area contributed by atoms with Crippen LogP contribution in [-0.2, 0) is 27.4 Å². The molecule has 3 aromatic rings. The van der Waals surface area contributed by atoms with Gasteiger partial charge in [-0.25, -0.2) is 0 Å². The van der Waals surface area contributed by atoms with Crippen molar-refractivity contribution in [3.63, 3.8) is 0 Å². The van der Waals surface area contributed by atoms with Crippen LogP contribution in [0, 0.1) is 34.6 Å². The lowest BCUT2D eigenvalue weighted by Crippen LogP contribution is -2.31.